The van der Waals surface area contributed by atoms with Gasteiger partial charge in [0, 0.05) is 12.5 Å². The lowest BCUT2D eigenvalue weighted by Gasteiger charge is -2.11. The molecule has 2 N–H and O–H groups in total. The monoisotopic (exact) mass is 138 g/mol. The van der Waals surface area contributed by atoms with Gasteiger partial charge in [0.1, 0.15) is 0 Å². The molecule has 0 aromatic rings. The fraction of sp³-hybridized carbons (Fsp3) is 0.625. The molecule has 1 aliphatic heterocycles. The van der Waals surface area contributed by atoms with Crippen LogP contribution < -0.4 is 5.32 Å². The van der Waals surface area contributed by atoms with Gasteiger partial charge in [-0.05, 0) is 12.3 Å². The molecule has 1 aliphatic rings. The van der Waals surface area contributed by atoms with Gasteiger partial charge in [-0.25, -0.2) is 0 Å². The highest BCUT2D eigenvalue weighted by Crippen LogP contribution is 2.18. The summed E-state index contributed by atoms with van der Waals surface area (Å²) in [6.45, 7) is 5.84. The van der Waals surface area contributed by atoms with Crippen LogP contribution in [0.1, 0.15) is 19.8 Å². The van der Waals surface area contributed by atoms with E-state index in [1.54, 1.807) is 0 Å². The summed E-state index contributed by atoms with van der Waals surface area (Å²) >= 11 is 0. The Morgan fingerprint density at radius 3 is 3.00 bits per heavy atom. The van der Waals surface area contributed by atoms with Crippen molar-refractivity contribution in [2.75, 3.05) is 0 Å². The van der Waals surface area contributed by atoms with E-state index in [0.717, 1.165) is 12.8 Å². The largest absolute Gasteiger partial charge is 0.371 e. The minimum absolute atomic E-state index is 0.463. The van der Waals surface area contributed by atoms with Crippen LogP contribution in [0, 0.1) is 11.3 Å². The standard InChI is InChI=1S/C8H14N2/c1-3-4-7-6(2)5-8(9)10-7/h3,6-7H,1,4-5H2,2H3,(H2,9,10). The molecular weight excluding hydrogens is 124 g/mol. The molecule has 0 aliphatic carbocycles. The van der Waals surface area contributed by atoms with Gasteiger partial charge in [0.25, 0.3) is 0 Å². The highest BCUT2D eigenvalue weighted by Gasteiger charge is 2.24. The molecule has 10 heavy (non-hydrogen) atoms. The first kappa shape index (κ1) is 7.32. The molecule has 1 rings (SSSR count). The Morgan fingerprint density at radius 1 is 1.90 bits per heavy atom. The third-order valence-corrected chi connectivity index (χ3v) is 1.99. The van der Waals surface area contributed by atoms with Crippen LogP contribution in [0.5, 0.6) is 0 Å². The van der Waals surface area contributed by atoms with Gasteiger partial charge >= 0.3 is 0 Å². The first-order chi connectivity index (χ1) is 4.74. The number of hydrogen-bond donors (Lipinski definition) is 2. The van der Waals surface area contributed by atoms with Crippen molar-refractivity contribution in [1.29, 1.82) is 5.41 Å². The van der Waals surface area contributed by atoms with Crippen molar-refractivity contribution in [2.24, 2.45) is 5.92 Å². The predicted octanol–water partition coefficient (Wildman–Crippen LogP) is 1.54. The quantitative estimate of drug-likeness (QED) is 0.558. The summed E-state index contributed by atoms with van der Waals surface area (Å²) in [4.78, 5) is 0. The van der Waals surface area contributed by atoms with Crippen LogP contribution in [0.15, 0.2) is 12.7 Å². The van der Waals surface area contributed by atoms with Crippen LogP contribution in [-0.4, -0.2) is 11.9 Å². The molecule has 0 saturated carbocycles. The van der Waals surface area contributed by atoms with Gasteiger partial charge in [-0.1, -0.05) is 13.0 Å². The van der Waals surface area contributed by atoms with Gasteiger partial charge in [-0.3, -0.25) is 5.41 Å². The van der Waals surface area contributed by atoms with Crippen LogP contribution in [0.4, 0.5) is 0 Å². The predicted molar refractivity (Wildman–Crippen MR) is 43.2 cm³/mol. The Hall–Kier alpha value is -0.790. The van der Waals surface area contributed by atoms with Gasteiger partial charge in [0.2, 0.25) is 0 Å². The maximum atomic E-state index is 7.34. The fourth-order valence-corrected chi connectivity index (χ4v) is 1.36. The fourth-order valence-electron chi connectivity index (χ4n) is 1.36. The molecule has 1 fully saturated rings. The molecule has 2 nitrogen and oxygen atoms in total. The minimum Gasteiger partial charge on any atom is -0.371 e. The molecule has 1 heterocycles. The molecule has 0 aromatic carbocycles. The summed E-state index contributed by atoms with van der Waals surface area (Å²) in [6.07, 6.45) is 3.79. The van der Waals surface area contributed by atoms with Gasteiger partial charge in [-0.2, -0.15) is 0 Å². The smallest absolute Gasteiger partial charge is 0.0937 e. The third-order valence-electron chi connectivity index (χ3n) is 1.99. The summed E-state index contributed by atoms with van der Waals surface area (Å²) in [5.74, 6) is 1.28. The van der Waals surface area contributed by atoms with Crippen LogP contribution in [0.3, 0.4) is 0 Å². The molecule has 0 spiro atoms. The highest BCUT2D eigenvalue weighted by atomic mass is 15.0. The maximum absolute atomic E-state index is 7.34. The molecule has 2 heteroatoms. The molecular formula is C8H14N2. The van der Waals surface area contributed by atoms with Crippen molar-refractivity contribution in [3.05, 3.63) is 12.7 Å². The van der Waals surface area contributed by atoms with Gasteiger partial charge in [0.05, 0.1) is 5.84 Å². The molecule has 2 unspecified atom stereocenters. The van der Waals surface area contributed by atoms with E-state index in [1.165, 1.54) is 0 Å². The van der Waals surface area contributed by atoms with Crippen LogP contribution >= 0.6 is 0 Å². The number of rotatable bonds is 2. The van der Waals surface area contributed by atoms with Crippen molar-refractivity contribution in [1.82, 2.24) is 5.32 Å². The summed E-state index contributed by atoms with van der Waals surface area (Å²) in [5.41, 5.74) is 0. The molecule has 0 radical (unpaired) electrons. The Labute approximate surface area is 61.8 Å². The van der Waals surface area contributed by atoms with Crippen LogP contribution in [0.25, 0.3) is 0 Å². The average molecular weight is 138 g/mol. The average Bonchev–Trinajstić information content (AvgIpc) is 2.13. The summed E-state index contributed by atoms with van der Waals surface area (Å²) in [6, 6.07) is 0.463. The molecule has 0 amide bonds. The Morgan fingerprint density at radius 2 is 2.60 bits per heavy atom. The zero-order chi connectivity index (χ0) is 7.56. The van der Waals surface area contributed by atoms with Crippen molar-refractivity contribution in [3.63, 3.8) is 0 Å². The second kappa shape index (κ2) is 2.86. The third kappa shape index (κ3) is 1.38. The topological polar surface area (TPSA) is 35.9 Å². The van der Waals surface area contributed by atoms with E-state index >= 15 is 0 Å². The molecule has 1 saturated heterocycles. The maximum Gasteiger partial charge on any atom is 0.0937 e. The summed E-state index contributed by atoms with van der Waals surface area (Å²) < 4.78 is 0. The van der Waals surface area contributed by atoms with E-state index in [4.69, 9.17) is 5.41 Å². The van der Waals surface area contributed by atoms with E-state index in [9.17, 15) is 0 Å². The summed E-state index contributed by atoms with van der Waals surface area (Å²) in [7, 11) is 0. The minimum atomic E-state index is 0.463. The number of nitrogens with one attached hydrogen (secondary N) is 2. The zero-order valence-electron chi connectivity index (χ0n) is 6.35. The SMILES string of the molecule is C=CCC1NC(=N)CC1C. The first-order valence-corrected chi connectivity index (χ1v) is 3.69. The van der Waals surface area contributed by atoms with Crippen LogP contribution in [-0.2, 0) is 0 Å². The van der Waals surface area contributed by atoms with Gasteiger partial charge in [-0.15, -0.1) is 6.58 Å². The summed E-state index contributed by atoms with van der Waals surface area (Å²) in [5, 5.41) is 10.5. The molecule has 0 aromatic heterocycles. The van der Waals surface area contributed by atoms with Crippen molar-refractivity contribution >= 4 is 5.84 Å². The van der Waals surface area contributed by atoms with E-state index in [2.05, 4.69) is 18.8 Å². The van der Waals surface area contributed by atoms with Gasteiger partial charge in [0.15, 0.2) is 0 Å². The first-order valence-electron chi connectivity index (χ1n) is 3.69. The Balaban J connectivity index is 2.45. The van der Waals surface area contributed by atoms with Crippen molar-refractivity contribution in [3.8, 4) is 0 Å². The van der Waals surface area contributed by atoms with Crippen molar-refractivity contribution in [2.45, 2.75) is 25.8 Å². The Bertz CT molecular complexity index is 151. The molecule has 0 bridgehead atoms. The normalized spacial score (nSPS) is 31.9. The second-order valence-corrected chi connectivity index (χ2v) is 2.94. The van der Waals surface area contributed by atoms with Crippen LogP contribution in [0.2, 0.25) is 0 Å². The highest BCUT2D eigenvalue weighted by molar-refractivity contribution is 5.81. The van der Waals surface area contributed by atoms with Crippen molar-refractivity contribution < 1.29 is 0 Å². The Kier molecular flexibility index (Phi) is 2.10. The molecule has 2 atom stereocenters. The lowest BCUT2D eigenvalue weighted by Crippen LogP contribution is -2.26. The molecule has 56 valence electrons. The van der Waals surface area contributed by atoms with E-state index in [0.29, 0.717) is 17.8 Å². The van der Waals surface area contributed by atoms with E-state index < -0.39 is 0 Å². The number of hydrogen-bond acceptors (Lipinski definition) is 1. The van der Waals surface area contributed by atoms with E-state index in [-0.39, 0.29) is 0 Å². The lowest BCUT2D eigenvalue weighted by atomic mass is 10.0. The second-order valence-electron chi connectivity index (χ2n) is 2.94. The number of amidine groups is 1. The van der Waals surface area contributed by atoms with E-state index in [1.807, 2.05) is 6.08 Å². The van der Waals surface area contributed by atoms with Gasteiger partial charge < -0.3 is 5.32 Å². The zero-order valence-corrected chi connectivity index (χ0v) is 6.35. The lowest BCUT2D eigenvalue weighted by molar-refractivity contribution is 0.488.